The number of carboxylic acid groups (broad SMARTS) is 1. The predicted octanol–water partition coefficient (Wildman–Crippen LogP) is 5.18. The molecule has 186 valence electrons. The first-order valence-corrected chi connectivity index (χ1v) is 11.9. The van der Waals surface area contributed by atoms with Gasteiger partial charge in [-0.3, -0.25) is 4.79 Å². The molecule has 37 heavy (non-hydrogen) atoms. The molecule has 0 aliphatic carbocycles. The number of nitrogens with one attached hydrogen (secondary N) is 1. The van der Waals surface area contributed by atoms with Crippen LogP contribution < -0.4 is 10.9 Å². The Labute approximate surface area is 212 Å². The zero-order chi connectivity index (χ0) is 26.1. The average Bonchev–Trinajstić information content (AvgIpc) is 3.29. The van der Waals surface area contributed by atoms with E-state index in [4.69, 9.17) is 8.83 Å². The number of hydrogen-bond donors (Lipinski definition) is 2. The predicted molar refractivity (Wildman–Crippen MR) is 141 cm³/mol. The zero-order valence-electron chi connectivity index (χ0n) is 20.4. The molecule has 2 aromatic heterocycles. The van der Waals surface area contributed by atoms with Crippen LogP contribution in [0.15, 0.2) is 86.6 Å². The van der Waals surface area contributed by atoms with E-state index in [1.807, 2.05) is 43.3 Å². The molecule has 5 rings (SSSR count). The number of aryl methyl sites for hydroxylation is 2. The van der Waals surface area contributed by atoms with E-state index in [9.17, 15) is 19.5 Å². The summed E-state index contributed by atoms with van der Waals surface area (Å²) in [6.45, 7) is 3.78. The number of rotatable bonds is 7. The minimum atomic E-state index is -1.15. The van der Waals surface area contributed by atoms with Crippen molar-refractivity contribution in [1.29, 1.82) is 0 Å². The van der Waals surface area contributed by atoms with Gasteiger partial charge < -0.3 is 19.3 Å². The summed E-state index contributed by atoms with van der Waals surface area (Å²) in [6, 6.07) is 19.6. The third kappa shape index (κ3) is 4.89. The van der Waals surface area contributed by atoms with E-state index >= 15 is 0 Å². The Morgan fingerprint density at radius 1 is 0.946 bits per heavy atom. The van der Waals surface area contributed by atoms with Crippen LogP contribution in [0.3, 0.4) is 0 Å². The van der Waals surface area contributed by atoms with E-state index in [0.29, 0.717) is 22.1 Å². The Morgan fingerprint density at radius 2 is 1.68 bits per heavy atom. The molecular weight excluding hydrogens is 470 g/mol. The molecule has 3 aromatic carbocycles. The first kappa shape index (κ1) is 24.1. The highest BCUT2D eigenvalue weighted by atomic mass is 16.4. The second-order valence-corrected chi connectivity index (χ2v) is 9.18. The maximum Gasteiger partial charge on any atom is 0.340 e. The van der Waals surface area contributed by atoms with Gasteiger partial charge in [0.25, 0.3) is 0 Å². The lowest BCUT2D eigenvalue weighted by Gasteiger charge is -2.15. The lowest BCUT2D eigenvalue weighted by Crippen LogP contribution is -2.43. The molecule has 0 spiro atoms. The van der Waals surface area contributed by atoms with Crippen LogP contribution in [0, 0.1) is 13.8 Å². The van der Waals surface area contributed by atoms with Crippen molar-refractivity contribution < 1.29 is 23.5 Å². The van der Waals surface area contributed by atoms with Crippen LogP contribution in [-0.2, 0) is 22.4 Å². The maximum absolute atomic E-state index is 12.8. The molecule has 1 amide bonds. The Morgan fingerprint density at radius 3 is 2.38 bits per heavy atom. The normalized spacial score (nSPS) is 12.1. The molecule has 1 atom stereocenters. The molecule has 0 aliphatic rings. The Hall–Kier alpha value is -4.65. The van der Waals surface area contributed by atoms with Crippen molar-refractivity contribution in [2.24, 2.45) is 0 Å². The van der Waals surface area contributed by atoms with E-state index in [2.05, 4.69) is 5.32 Å². The molecule has 0 saturated carbocycles. The standard InChI is InChI=1S/C30H25NO6/c1-17-8-10-20(11-9-17)24-16-36-26-15-27-21(13-23(24)26)18(2)22(30(35)37-27)14-28(32)31-25(29(33)34)12-19-6-4-3-5-7-19/h3-11,13,15-16,25H,12,14H2,1-2H3,(H,31,32)(H,33,34)/t25-/m1/s1. The van der Waals surface area contributed by atoms with Gasteiger partial charge in [-0.25, -0.2) is 9.59 Å². The number of fused-ring (bicyclic) bond motifs is 2. The molecule has 0 bridgehead atoms. The quantitative estimate of drug-likeness (QED) is 0.301. The number of benzene rings is 3. The molecule has 0 saturated heterocycles. The van der Waals surface area contributed by atoms with Gasteiger partial charge >= 0.3 is 11.6 Å². The Balaban J connectivity index is 1.46. The molecule has 2 N–H and O–H groups in total. The fourth-order valence-corrected chi connectivity index (χ4v) is 4.53. The van der Waals surface area contributed by atoms with E-state index in [1.165, 1.54) is 0 Å². The number of carboxylic acids is 1. The van der Waals surface area contributed by atoms with Crippen LogP contribution in [-0.4, -0.2) is 23.0 Å². The van der Waals surface area contributed by atoms with Gasteiger partial charge in [-0.15, -0.1) is 0 Å². The number of amides is 1. The third-order valence-electron chi connectivity index (χ3n) is 6.60. The van der Waals surface area contributed by atoms with Gasteiger partial charge in [0.05, 0.1) is 18.2 Å². The summed E-state index contributed by atoms with van der Waals surface area (Å²) in [5.74, 6) is -1.71. The summed E-state index contributed by atoms with van der Waals surface area (Å²) in [7, 11) is 0. The number of furan rings is 1. The molecule has 7 nitrogen and oxygen atoms in total. The Kier molecular flexibility index (Phi) is 6.36. The number of carbonyl (C=O) groups excluding carboxylic acids is 1. The minimum Gasteiger partial charge on any atom is -0.480 e. The number of aliphatic carboxylic acids is 1. The topological polar surface area (TPSA) is 110 Å². The van der Waals surface area contributed by atoms with Crippen LogP contribution in [0.5, 0.6) is 0 Å². The minimum absolute atomic E-state index is 0.132. The van der Waals surface area contributed by atoms with Crippen LogP contribution in [0.1, 0.15) is 22.3 Å². The molecule has 2 heterocycles. The van der Waals surface area contributed by atoms with Gasteiger partial charge in [0.1, 0.15) is 17.2 Å². The second kappa shape index (κ2) is 9.78. The summed E-state index contributed by atoms with van der Waals surface area (Å²) in [6.07, 6.45) is 1.51. The van der Waals surface area contributed by atoms with E-state index < -0.39 is 23.5 Å². The van der Waals surface area contributed by atoms with Gasteiger partial charge in [0.15, 0.2) is 0 Å². The van der Waals surface area contributed by atoms with Gasteiger partial charge in [-0.1, -0.05) is 60.2 Å². The van der Waals surface area contributed by atoms with E-state index in [-0.39, 0.29) is 18.4 Å². The number of hydrogen-bond acceptors (Lipinski definition) is 5. The van der Waals surface area contributed by atoms with Crippen LogP contribution in [0.2, 0.25) is 0 Å². The maximum atomic E-state index is 12.8. The smallest absolute Gasteiger partial charge is 0.340 e. The van der Waals surface area contributed by atoms with Crippen molar-refractivity contribution in [2.75, 3.05) is 0 Å². The SMILES string of the molecule is Cc1ccc(-c2coc3cc4oc(=O)c(CC(=O)N[C@H](Cc5ccccc5)C(=O)O)c(C)c4cc23)cc1. The molecule has 0 aliphatic heterocycles. The van der Waals surface area contributed by atoms with Crippen LogP contribution in [0.25, 0.3) is 33.1 Å². The van der Waals surface area contributed by atoms with Crippen molar-refractivity contribution in [3.8, 4) is 11.1 Å². The monoisotopic (exact) mass is 495 g/mol. The summed E-state index contributed by atoms with van der Waals surface area (Å²) < 4.78 is 11.3. The summed E-state index contributed by atoms with van der Waals surface area (Å²) in [5.41, 5.74) is 4.94. The second-order valence-electron chi connectivity index (χ2n) is 9.18. The average molecular weight is 496 g/mol. The lowest BCUT2D eigenvalue weighted by molar-refractivity contribution is -0.141. The fourth-order valence-electron chi connectivity index (χ4n) is 4.53. The molecule has 0 fully saturated rings. The molecular formula is C30H25NO6. The summed E-state index contributed by atoms with van der Waals surface area (Å²) >= 11 is 0. The van der Waals surface area contributed by atoms with E-state index in [0.717, 1.165) is 27.6 Å². The first-order chi connectivity index (χ1) is 17.8. The fraction of sp³-hybridized carbons (Fsp3) is 0.167. The molecule has 0 radical (unpaired) electrons. The largest absolute Gasteiger partial charge is 0.480 e. The lowest BCUT2D eigenvalue weighted by atomic mass is 9.99. The summed E-state index contributed by atoms with van der Waals surface area (Å²) in [4.78, 5) is 37.4. The van der Waals surface area contributed by atoms with Gasteiger partial charge in [-0.2, -0.15) is 0 Å². The highest BCUT2D eigenvalue weighted by Gasteiger charge is 2.23. The van der Waals surface area contributed by atoms with Crippen LogP contribution in [0.4, 0.5) is 0 Å². The third-order valence-corrected chi connectivity index (χ3v) is 6.60. The molecule has 0 unspecified atom stereocenters. The number of carbonyl (C=O) groups is 2. The van der Waals surface area contributed by atoms with Crippen molar-refractivity contribution in [1.82, 2.24) is 5.32 Å². The highest BCUT2D eigenvalue weighted by Crippen LogP contribution is 2.34. The first-order valence-electron chi connectivity index (χ1n) is 11.9. The zero-order valence-corrected chi connectivity index (χ0v) is 20.4. The van der Waals surface area contributed by atoms with Crippen LogP contribution >= 0.6 is 0 Å². The Bertz CT molecular complexity index is 1680. The van der Waals surface area contributed by atoms with Crippen molar-refractivity contribution in [3.63, 3.8) is 0 Å². The van der Waals surface area contributed by atoms with E-state index in [1.54, 1.807) is 43.5 Å². The molecule has 5 aromatic rings. The van der Waals surface area contributed by atoms with Crippen molar-refractivity contribution >= 4 is 33.8 Å². The van der Waals surface area contributed by atoms with Gasteiger partial charge in [-0.05, 0) is 36.6 Å². The van der Waals surface area contributed by atoms with Gasteiger partial charge in [0.2, 0.25) is 5.91 Å². The highest BCUT2D eigenvalue weighted by molar-refractivity contribution is 6.02. The summed E-state index contributed by atoms with van der Waals surface area (Å²) in [5, 5.41) is 13.7. The van der Waals surface area contributed by atoms with Crippen molar-refractivity contribution in [2.45, 2.75) is 32.7 Å². The molecule has 7 heteroatoms. The van der Waals surface area contributed by atoms with Crippen molar-refractivity contribution in [3.05, 3.63) is 106 Å². The van der Waals surface area contributed by atoms with Gasteiger partial charge in [0, 0.05) is 28.8 Å².